The molecule has 1 saturated heterocycles. The van der Waals surface area contributed by atoms with Crippen LogP contribution in [0, 0.1) is 11.8 Å². The van der Waals surface area contributed by atoms with Gasteiger partial charge < -0.3 is 5.32 Å². The quantitative estimate of drug-likeness (QED) is 0.657. The Balaban J connectivity index is 1.78. The maximum absolute atomic E-state index is 3.42. The molecule has 2 aliphatic rings. The summed E-state index contributed by atoms with van der Waals surface area (Å²) in [4.78, 5) is 0. The van der Waals surface area contributed by atoms with Gasteiger partial charge in [0.05, 0.1) is 0 Å². The van der Waals surface area contributed by atoms with E-state index in [-0.39, 0.29) is 0 Å². The predicted molar refractivity (Wildman–Crippen MR) is 52.0 cm³/mol. The fraction of sp³-hybridized carbons (Fsp3) is 0.636. The van der Waals surface area contributed by atoms with Crippen LogP contribution in [0.5, 0.6) is 0 Å². The SMILES string of the molecule is C1=CCC(CC2CCNC2)C=C1. The van der Waals surface area contributed by atoms with Gasteiger partial charge in [-0.2, -0.15) is 0 Å². The molecule has 2 unspecified atom stereocenters. The standard InChI is InChI=1S/C11H17N/c1-2-4-10(5-3-1)8-11-6-7-12-9-11/h1-4,10-12H,5-9H2. The van der Waals surface area contributed by atoms with E-state index in [9.17, 15) is 0 Å². The van der Waals surface area contributed by atoms with Crippen LogP contribution in [-0.4, -0.2) is 13.1 Å². The fourth-order valence-corrected chi connectivity index (χ4v) is 2.15. The Morgan fingerprint density at radius 2 is 2.33 bits per heavy atom. The van der Waals surface area contributed by atoms with Gasteiger partial charge in [-0.15, -0.1) is 0 Å². The summed E-state index contributed by atoms with van der Waals surface area (Å²) >= 11 is 0. The van der Waals surface area contributed by atoms with Gasteiger partial charge in [0.25, 0.3) is 0 Å². The van der Waals surface area contributed by atoms with Crippen molar-refractivity contribution in [1.82, 2.24) is 5.32 Å². The molecule has 0 bridgehead atoms. The van der Waals surface area contributed by atoms with Gasteiger partial charge in [0.15, 0.2) is 0 Å². The molecule has 0 radical (unpaired) electrons. The van der Waals surface area contributed by atoms with Crippen LogP contribution >= 0.6 is 0 Å². The van der Waals surface area contributed by atoms with E-state index in [1.807, 2.05) is 0 Å². The Morgan fingerprint density at radius 1 is 1.33 bits per heavy atom. The molecule has 0 amide bonds. The Kier molecular flexibility index (Phi) is 2.62. The second-order valence-electron chi connectivity index (χ2n) is 3.90. The molecule has 1 heterocycles. The lowest BCUT2D eigenvalue weighted by molar-refractivity contribution is 0.445. The third-order valence-corrected chi connectivity index (χ3v) is 2.87. The minimum Gasteiger partial charge on any atom is -0.316 e. The largest absolute Gasteiger partial charge is 0.316 e. The van der Waals surface area contributed by atoms with Crippen LogP contribution in [-0.2, 0) is 0 Å². The van der Waals surface area contributed by atoms with Gasteiger partial charge in [-0.1, -0.05) is 24.3 Å². The molecule has 66 valence electrons. The van der Waals surface area contributed by atoms with Gasteiger partial charge in [0, 0.05) is 0 Å². The summed E-state index contributed by atoms with van der Waals surface area (Å²) in [6, 6.07) is 0. The highest BCUT2D eigenvalue weighted by Crippen LogP contribution is 2.23. The van der Waals surface area contributed by atoms with E-state index in [1.54, 1.807) is 0 Å². The van der Waals surface area contributed by atoms with E-state index in [4.69, 9.17) is 0 Å². The van der Waals surface area contributed by atoms with Crippen molar-refractivity contribution in [3.8, 4) is 0 Å². The van der Waals surface area contributed by atoms with E-state index in [1.165, 1.54) is 32.4 Å². The smallest absolute Gasteiger partial charge is 0.00198 e. The summed E-state index contributed by atoms with van der Waals surface area (Å²) in [7, 11) is 0. The molecule has 1 N–H and O–H groups in total. The van der Waals surface area contributed by atoms with E-state index in [0.717, 1.165) is 11.8 Å². The zero-order valence-corrected chi connectivity index (χ0v) is 7.50. The first-order valence-electron chi connectivity index (χ1n) is 4.99. The lowest BCUT2D eigenvalue weighted by Gasteiger charge is -2.16. The van der Waals surface area contributed by atoms with E-state index < -0.39 is 0 Å². The molecule has 0 aromatic carbocycles. The first-order chi connectivity index (χ1) is 5.95. The zero-order chi connectivity index (χ0) is 8.23. The molecule has 1 heteroatoms. The number of nitrogens with one attached hydrogen (secondary N) is 1. The van der Waals surface area contributed by atoms with Crippen molar-refractivity contribution >= 4 is 0 Å². The first-order valence-corrected chi connectivity index (χ1v) is 4.99. The zero-order valence-electron chi connectivity index (χ0n) is 7.50. The van der Waals surface area contributed by atoms with Crippen LogP contribution in [0.1, 0.15) is 19.3 Å². The summed E-state index contributed by atoms with van der Waals surface area (Å²) in [5.74, 6) is 1.76. The van der Waals surface area contributed by atoms with Crippen LogP contribution in [0.3, 0.4) is 0 Å². The maximum atomic E-state index is 3.42. The highest BCUT2D eigenvalue weighted by atomic mass is 14.9. The summed E-state index contributed by atoms with van der Waals surface area (Å²) in [6.45, 7) is 2.48. The van der Waals surface area contributed by atoms with Gasteiger partial charge in [0.2, 0.25) is 0 Å². The molecule has 2 atom stereocenters. The van der Waals surface area contributed by atoms with Crippen molar-refractivity contribution in [3.05, 3.63) is 24.3 Å². The van der Waals surface area contributed by atoms with Crippen molar-refractivity contribution in [3.63, 3.8) is 0 Å². The van der Waals surface area contributed by atoms with Crippen LogP contribution in [0.2, 0.25) is 0 Å². The third-order valence-electron chi connectivity index (χ3n) is 2.87. The van der Waals surface area contributed by atoms with E-state index in [2.05, 4.69) is 29.6 Å². The molecule has 1 fully saturated rings. The lowest BCUT2D eigenvalue weighted by Crippen LogP contribution is -2.12. The average Bonchev–Trinajstić information content (AvgIpc) is 2.59. The molecule has 0 spiro atoms. The molecule has 1 aliphatic carbocycles. The van der Waals surface area contributed by atoms with Gasteiger partial charge in [-0.05, 0) is 44.2 Å². The van der Waals surface area contributed by atoms with Crippen molar-refractivity contribution in [2.75, 3.05) is 13.1 Å². The summed E-state index contributed by atoms with van der Waals surface area (Å²) in [5, 5.41) is 3.42. The summed E-state index contributed by atoms with van der Waals surface area (Å²) in [6.07, 6.45) is 13.0. The Morgan fingerprint density at radius 3 is 3.00 bits per heavy atom. The molecule has 12 heavy (non-hydrogen) atoms. The van der Waals surface area contributed by atoms with Crippen molar-refractivity contribution in [1.29, 1.82) is 0 Å². The Bertz CT molecular complexity index is 187. The molecule has 1 aliphatic heterocycles. The third kappa shape index (κ3) is 1.98. The fourth-order valence-electron chi connectivity index (χ4n) is 2.15. The molecule has 0 saturated carbocycles. The van der Waals surface area contributed by atoms with Crippen molar-refractivity contribution in [2.24, 2.45) is 11.8 Å². The minimum absolute atomic E-state index is 0.819. The maximum Gasteiger partial charge on any atom is -0.00198 e. The van der Waals surface area contributed by atoms with Crippen LogP contribution < -0.4 is 5.32 Å². The molecule has 0 aromatic heterocycles. The van der Waals surface area contributed by atoms with Crippen LogP contribution in [0.25, 0.3) is 0 Å². The highest BCUT2D eigenvalue weighted by Gasteiger charge is 2.17. The monoisotopic (exact) mass is 163 g/mol. The average molecular weight is 163 g/mol. The first kappa shape index (κ1) is 8.06. The number of rotatable bonds is 2. The van der Waals surface area contributed by atoms with Crippen molar-refractivity contribution < 1.29 is 0 Å². The Labute approximate surface area is 74.5 Å². The van der Waals surface area contributed by atoms with Gasteiger partial charge >= 0.3 is 0 Å². The Hall–Kier alpha value is -0.560. The predicted octanol–water partition coefficient (Wildman–Crippen LogP) is 2.12. The van der Waals surface area contributed by atoms with Gasteiger partial charge in [-0.3, -0.25) is 0 Å². The highest BCUT2D eigenvalue weighted by molar-refractivity contribution is 5.10. The number of allylic oxidation sites excluding steroid dienone is 4. The number of hydrogen-bond acceptors (Lipinski definition) is 1. The molecular formula is C11H17N. The summed E-state index contributed by atoms with van der Waals surface area (Å²) in [5.41, 5.74) is 0. The van der Waals surface area contributed by atoms with E-state index in [0.29, 0.717) is 0 Å². The van der Waals surface area contributed by atoms with Gasteiger partial charge in [-0.25, -0.2) is 0 Å². The van der Waals surface area contributed by atoms with Crippen LogP contribution in [0.15, 0.2) is 24.3 Å². The molecular weight excluding hydrogens is 146 g/mol. The topological polar surface area (TPSA) is 12.0 Å². The van der Waals surface area contributed by atoms with Gasteiger partial charge in [0.1, 0.15) is 0 Å². The summed E-state index contributed by atoms with van der Waals surface area (Å²) < 4.78 is 0. The number of hydrogen-bond donors (Lipinski definition) is 1. The van der Waals surface area contributed by atoms with E-state index >= 15 is 0 Å². The molecule has 1 nitrogen and oxygen atoms in total. The second-order valence-corrected chi connectivity index (χ2v) is 3.90. The van der Waals surface area contributed by atoms with Crippen LogP contribution in [0.4, 0.5) is 0 Å². The van der Waals surface area contributed by atoms with Crippen molar-refractivity contribution in [2.45, 2.75) is 19.3 Å². The minimum atomic E-state index is 0.819. The normalized spacial score (nSPS) is 34.3. The lowest BCUT2D eigenvalue weighted by atomic mass is 9.89. The second kappa shape index (κ2) is 3.90. The molecule has 0 aromatic rings. The molecule has 2 rings (SSSR count).